The van der Waals surface area contributed by atoms with Gasteiger partial charge in [-0.1, -0.05) is 30.3 Å². The van der Waals surface area contributed by atoms with E-state index in [1.807, 2.05) is 18.2 Å². The molecule has 1 aromatic heterocycles. The Morgan fingerprint density at radius 2 is 2.11 bits per heavy atom. The van der Waals surface area contributed by atoms with Crippen LogP contribution in [-0.2, 0) is 17.1 Å². The molecule has 4 nitrogen and oxygen atoms in total. The first-order chi connectivity index (χ1) is 8.84. The van der Waals surface area contributed by atoms with E-state index in [9.17, 15) is 4.79 Å². The molecule has 18 heavy (non-hydrogen) atoms. The van der Waals surface area contributed by atoms with Crippen LogP contribution in [0.1, 0.15) is 11.1 Å². The maximum Gasteiger partial charge on any atom is 0.230 e. The summed E-state index contributed by atoms with van der Waals surface area (Å²) in [5.41, 5.74) is 2.22. The minimum absolute atomic E-state index is 0.0529. The van der Waals surface area contributed by atoms with Gasteiger partial charge in [-0.15, -0.1) is 11.8 Å². The second-order valence-corrected chi connectivity index (χ2v) is 4.85. The van der Waals surface area contributed by atoms with Crippen LogP contribution in [0.5, 0.6) is 0 Å². The number of hydrogen-bond donors (Lipinski definition) is 2. The van der Waals surface area contributed by atoms with Crippen molar-refractivity contribution in [2.24, 2.45) is 0 Å². The highest BCUT2D eigenvalue weighted by Crippen LogP contribution is 2.11. The molecular formula is C13H15N3OS. The number of thioether (sulfide) groups is 1. The van der Waals surface area contributed by atoms with Crippen LogP contribution in [0.15, 0.2) is 42.7 Å². The molecule has 0 atom stereocenters. The summed E-state index contributed by atoms with van der Waals surface area (Å²) in [6.45, 7) is 0.529. The first-order valence-electron chi connectivity index (χ1n) is 5.70. The van der Waals surface area contributed by atoms with Crippen LogP contribution in [0.25, 0.3) is 0 Å². The highest BCUT2D eigenvalue weighted by Gasteiger charge is 2.02. The van der Waals surface area contributed by atoms with Crippen LogP contribution >= 0.6 is 11.8 Å². The maximum absolute atomic E-state index is 11.6. The van der Waals surface area contributed by atoms with Crippen LogP contribution in [0, 0.1) is 0 Å². The van der Waals surface area contributed by atoms with Crippen molar-refractivity contribution in [1.29, 1.82) is 0 Å². The fourth-order valence-electron chi connectivity index (χ4n) is 1.46. The molecule has 5 heteroatoms. The van der Waals surface area contributed by atoms with Crippen molar-refractivity contribution in [2.75, 3.05) is 5.75 Å². The zero-order valence-electron chi connectivity index (χ0n) is 9.93. The van der Waals surface area contributed by atoms with Gasteiger partial charge in [0.1, 0.15) is 0 Å². The van der Waals surface area contributed by atoms with E-state index in [2.05, 4.69) is 27.6 Å². The van der Waals surface area contributed by atoms with Gasteiger partial charge in [-0.05, 0) is 5.56 Å². The molecule has 1 amide bonds. The van der Waals surface area contributed by atoms with Crippen LogP contribution in [0.2, 0.25) is 0 Å². The van der Waals surface area contributed by atoms with Gasteiger partial charge < -0.3 is 5.32 Å². The number of H-pyrrole nitrogens is 1. The summed E-state index contributed by atoms with van der Waals surface area (Å²) in [6.07, 6.45) is 3.48. The van der Waals surface area contributed by atoms with Crippen LogP contribution in [0.4, 0.5) is 0 Å². The molecule has 94 valence electrons. The van der Waals surface area contributed by atoms with E-state index in [1.165, 1.54) is 5.56 Å². The number of aromatic amines is 1. The molecule has 1 heterocycles. The first-order valence-corrected chi connectivity index (χ1v) is 6.86. The largest absolute Gasteiger partial charge is 0.351 e. The van der Waals surface area contributed by atoms with E-state index in [0.717, 1.165) is 11.3 Å². The number of benzene rings is 1. The Bertz CT molecular complexity index is 470. The molecule has 0 saturated carbocycles. The molecule has 0 unspecified atom stereocenters. The lowest BCUT2D eigenvalue weighted by Crippen LogP contribution is -2.24. The van der Waals surface area contributed by atoms with E-state index < -0.39 is 0 Å². The molecule has 2 rings (SSSR count). The summed E-state index contributed by atoms with van der Waals surface area (Å²) in [7, 11) is 0. The summed E-state index contributed by atoms with van der Waals surface area (Å²) < 4.78 is 0. The molecule has 0 aliphatic heterocycles. The topological polar surface area (TPSA) is 57.8 Å². The van der Waals surface area contributed by atoms with Crippen LogP contribution in [-0.4, -0.2) is 21.9 Å². The van der Waals surface area contributed by atoms with Gasteiger partial charge in [-0.2, -0.15) is 5.10 Å². The molecule has 0 saturated heterocycles. The number of amides is 1. The lowest BCUT2D eigenvalue weighted by atomic mass is 10.2. The molecule has 0 radical (unpaired) electrons. The number of nitrogens with one attached hydrogen (secondary N) is 2. The Morgan fingerprint density at radius 3 is 2.83 bits per heavy atom. The van der Waals surface area contributed by atoms with Crippen molar-refractivity contribution in [3.8, 4) is 0 Å². The normalized spacial score (nSPS) is 10.2. The highest BCUT2D eigenvalue weighted by molar-refractivity contribution is 7.99. The van der Waals surface area contributed by atoms with Crippen molar-refractivity contribution in [1.82, 2.24) is 15.5 Å². The second-order valence-electron chi connectivity index (χ2n) is 3.86. The molecule has 0 aliphatic rings. The number of carbonyl (C=O) groups excluding carboxylic acids is 1. The number of aromatic nitrogens is 2. The summed E-state index contributed by atoms with van der Waals surface area (Å²) in [4.78, 5) is 11.6. The Balaban J connectivity index is 1.63. The molecular weight excluding hydrogens is 246 g/mol. The summed E-state index contributed by atoms with van der Waals surface area (Å²) in [6, 6.07) is 10.1. The third kappa shape index (κ3) is 4.25. The lowest BCUT2D eigenvalue weighted by molar-refractivity contribution is -0.118. The van der Waals surface area contributed by atoms with Gasteiger partial charge in [-0.3, -0.25) is 9.89 Å². The Hall–Kier alpha value is -1.75. The fraction of sp³-hybridized carbons (Fsp3) is 0.231. The van der Waals surface area contributed by atoms with Gasteiger partial charge in [0.25, 0.3) is 0 Å². The smallest absolute Gasteiger partial charge is 0.230 e. The van der Waals surface area contributed by atoms with E-state index >= 15 is 0 Å². The zero-order valence-corrected chi connectivity index (χ0v) is 10.7. The fourth-order valence-corrected chi connectivity index (χ4v) is 2.28. The molecule has 1 aromatic carbocycles. The van der Waals surface area contributed by atoms with Gasteiger partial charge in [0.15, 0.2) is 0 Å². The van der Waals surface area contributed by atoms with Crippen molar-refractivity contribution >= 4 is 17.7 Å². The zero-order chi connectivity index (χ0) is 12.6. The van der Waals surface area contributed by atoms with Crippen molar-refractivity contribution < 1.29 is 4.79 Å². The molecule has 0 bridgehead atoms. The third-order valence-electron chi connectivity index (χ3n) is 2.39. The van der Waals surface area contributed by atoms with E-state index in [4.69, 9.17) is 0 Å². The standard InChI is InChI=1S/C13H15N3OS/c17-13(14-6-12-7-15-16-8-12)10-18-9-11-4-2-1-3-5-11/h1-5,7-8H,6,9-10H2,(H,14,17)(H,15,16). The third-order valence-corrected chi connectivity index (χ3v) is 3.39. The second kappa shape index (κ2) is 6.86. The average molecular weight is 261 g/mol. The number of hydrogen-bond acceptors (Lipinski definition) is 3. The van der Waals surface area contributed by atoms with E-state index in [-0.39, 0.29) is 5.91 Å². The van der Waals surface area contributed by atoms with Gasteiger partial charge in [0, 0.05) is 24.1 Å². The minimum Gasteiger partial charge on any atom is -0.351 e. The molecule has 0 spiro atoms. The van der Waals surface area contributed by atoms with E-state index in [1.54, 1.807) is 24.2 Å². The number of rotatable bonds is 6. The van der Waals surface area contributed by atoms with Crippen LogP contribution < -0.4 is 5.32 Å². The molecule has 2 aromatic rings. The SMILES string of the molecule is O=C(CSCc1ccccc1)NCc1cn[nH]c1. The van der Waals surface area contributed by atoms with E-state index in [0.29, 0.717) is 12.3 Å². The molecule has 0 fully saturated rings. The van der Waals surface area contributed by atoms with Gasteiger partial charge in [0.2, 0.25) is 5.91 Å². The minimum atomic E-state index is 0.0529. The van der Waals surface area contributed by atoms with Crippen molar-refractivity contribution in [3.05, 3.63) is 53.9 Å². The Kier molecular flexibility index (Phi) is 4.84. The molecule has 0 aliphatic carbocycles. The Morgan fingerprint density at radius 1 is 1.28 bits per heavy atom. The maximum atomic E-state index is 11.6. The number of carbonyl (C=O) groups is 1. The average Bonchev–Trinajstić information content (AvgIpc) is 2.91. The number of nitrogens with zero attached hydrogens (tertiary/aromatic N) is 1. The van der Waals surface area contributed by atoms with Crippen LogP contribution in [0.3, 0.4) is 0 Å². The monoisotopic (exact) mass is 261 g/mol. The summed E-state index contributed by atoms with van der Waals surface area (Å²) >= 11 is 1.62. The lowest BCUT2D eigenvalue weighted by Gasteiger charge is -2.03. The van der Waals surface area contributed by atoms with Gasteiger partial charge >= 0.3 is 0 Å². The predicted octanol–water partition coefficient (Wildman–Crippen LogP) is 1.96. The van der Waals surface area contributed by atoms with Gasteiger partial charge in [-0.25, -0.2) is 0 Å². The highest BCUT2D eigenvalue weighted by atomic mass is 32.2. The first kappa shape index (κ1) is 12.7. The summed E-state index contributed by atoms with van der Waals surface area (Å²) in [5, 5.41) is 9.38. The van der Waals surface area contributed by atoms with Gasteiger partial charge in [0.05, 0.1) is 11.9 Å². The molecule has 2 N–H and O–H groups in total. The quantitative estimate of drug-likeness (QED) is 0.835. The Labute approximate surface area is 110 Å². The predicted molar refractivity (Wildman–Crippen MR) is 73.0 cm³/mol. The van der Waals surface area contributed by atoms with Crippen molar-refractivity contribution in [2.45, 2.75) is 12.3 Å². The summed E-state index contributed by atoms with van der Waals surface area (Å²) in [5.74, 6) is 1.39. The van der Waals surface area contributed by atoms with Crippen molar-refractivity contribution in [3.63, 3.8) is 0 Å².